The fourth-order valence-electron chi connectivity index (χ4n) is 2.89. The molecule has 0 N–H and O–H groups in total. The van der Waals surface area contributed by atoms with Gasteiger partial charge in [-0.25, -0.2) is 0 Å². The summed E-state index contributed by atoms with van der Waals surface area (Å²) in [6.07, 6.45) is 4.48. The Balaban J connectivity index is 2.14. The molecule has 0 radical (unpaired) electrons. The van der Waals surface area contributed by atoms with Crippen LogP contribution in [0.2, 0.25) is 10.0 Å². The van der Waals surface area contributed by atoms with Gasteiger partial charge in [0.1, 0.15) is 5.52 Å². The molecule has 25 heavy (non-hydrogen) atoms. The molecule has 0 spiro atoms. The topological polar surface area (TPSA) is 30.2 Å². The molecule has 3 nitrogen and oxygen atoms in total. The minimum Gasteiger partial charge on any atom is -0.271 e. The van der Waals surface area contributed by atoms with E-state index in [1.54, 1.807) is 6.07 Å². The lowest BCUT2D eigenvalue weighted by Gasteiger charge is -2.06. The SMILES string of the molecule is C/C=C\N=C(/C)Cc1c2cccc(-c3ccc(Cl)cc3Cl)c2nn1C. The number of aliphatic imine (C=N–C) groups is 1. The number of hydrogen-bond donors (Lipinski definition) is 0. The van der Waals surface area contributed by atoms with E-state index >= 15 is 0 Å². The van der Waals surface area contributed by atoms with E-state index in [9.17, 15) is 0 Å². The first-order valence-electron chi connectivity index (χ1n) is 8.05. The minimum atomic E-state index is 0.623. The molecule has 2 aromatic carbocycles. The summed E-state index contributed by atoms with van der Waals surface area (Å²) >= 11 is 12.4. The third kappa shape index (κ3) is 3.63. The first-order valence-corrected chi connectivity index (χ1v) is 8.81. The van der Waals surface area contributed by atoms with E-state index in [1.165, 1.54) is 0 Å². The summed E-state index contributed by atoms with van der Waals surface area (Å²) < 4.78 is 1.92. The van der Waals surface area contributed by atoms with Gasteiger partial charge in [-0.1, -0.05) is 53.5 Å². The normalized spacial score (nSPS) is 12.4. The van der Waals surface area contributed by atoms with E-state index in [-0.39, 0.29) is 0 Å². The Kier molecular flexibility index (Phi) is 5.26. The lowest BCUT2D eigenvalue weighted by molar-refractivity contribution is 0.742. The van der Waals surface area contributed by atoms with E-state index in [0.717, 1.165) is 39.9 Å². The van der Waals surface area contributed by atoms with Crippen LogP contribution in [-0.2, 0) is 13.5 Å². The van der Waals surface area contributed by atoms with E-state index in [1.807, 2.05) is 62.1 Å². The predicted molar refractivity (Wildman–Crippen MR) is 108 cm³/mol. The highest BCUT2D eigenvalue weighted by Crippen LogP contribution is 2.35. The molecule has 0 saturated carbocycles. The van der Waals surface area contributed by atoms with Crippen LogP contribution in [0.15, 0.2) is 53.7 Å². The molecule has 0 aliphatic rings. The summed E-state index contributed by atoms with van der Waals surface area (Å²) in [5, 5.41) is 7.10. The lowest BCUT2D eigenvalue weighted by Crippen LogP contribution is -2.04. The molecule has 0 bridgehead atoms. The van der Waals surface area contributed by atoms with Gasteiger partial charge in [-0.15, -0.1) is 0 Å². The molecule has 5 heteroatoms. The van der Waals surface area contributed by atoms with Crippen LogP contribution in [0, 0.1) is 0 Å². The van der Waals surface area contributed by atoms with E-state index in [0.29, 0.717) is 10.0 Å². The molecule has 0 saturated heterocycles. The van der Waals surface area contributed by atoms with Gasteiger partial charge in [-0.2, -0.15) is 5.10 Å². The molecule has 1 aromatic heterocycles. The van der Waals surface area contributed by atoms with Gasteiger partial charge in [0.2, 0.25) is 0 Å². The Morgan fingerprint density at radius 3 is 2.72 bits per heavy atom. The van der Waals surface area contributed by atoms with Crippen LogP contribution in [-0.4, -0.2) is 15.5 Å². The Labute approximate surface area is 157 Å². The van der Waals surface area contributed by atoms with Crippen LogP contribution in [0.5, 0.6) is 0 Å². The van der Waals surface area contributed by atoms with Crippen molar-refractivity contribution in [3.63, 3.8) is 0 Å². The van der Waals surface area contributed by atoms with Crippen molar-refractivity contribution in [3.05, 3.63) is 64.4 Å². The van der Waals surface area contributed by atoms with Crippen molar-refractivity contribution < 1.29 is 0 Å². The van der Waals surface area contributed by atoms with Crippen LogP contribution in [0.1, 0.15) is 19.5 Å². The maximum Gasteiger partial charge on any atom is 0.100 e. The van der Waals surface area contributed by atoms with Crippen molar-refractivity contribution in [2.24, 2.45) is 12.0 Å². The third-order valence-corrected chi connectivity index (χ3v) is 4.62. The summed E-state index contributed by atoms with van der Waals surface area (Å²) in [5.74, 6) is 0. The summed E-state index contributed by atoms with van der Waals surface area (Å²) in [6.45, 7) is 3.98. The maximum atomic E-state index is 6.41. The van der Waals surface area contributed by atoms with Crippen LogP contribution < -0.4 is 0 Å². The second kappa shape index (κ2) is 7.42. The van der Waals surface area contributed by atoms with Crippen LogP contribution in [0.25, 0.3) is 22.0 Å². The lowest BCUT2D eigenvalue weighted by atomic mass is 10.0. The van der Waals surface area contributed by atoms with Gasteiger partial charge in [0.15, 0.2) is 0 Å². The smallest absolute Gasteiger partial charge is 0.100 e. The Morgan fingerprint density at radius 2 is 2.00 bits per heavy atom. The molecule has 3 aromatic rings. The van der Waals surface area contributed by atoms with Gasteiger partial charge in [-0.3, -0.25) is 9.67 Å². The Hall–Kier alpha value is -2.10. The standard InChI is InChI=1S/C20H19Cl2N3/c1-4-10-23-13(2)11-19-17-7-5-6-16(20(17)24-25(19)3)15-9-8-14(21)12-18(15)22/h4-10,12H,11H2,1-3H3/b10-4-,23-13+. The highest BCUT2D eigenvalue weighted by atomic mass is 35.5. The average molecular weight is 372 g/mol. The van der Waals surface area contributed by atoms with Gasteiger partial charge in [-0.05, 0) is 26.0 Å². The van der Waals surface area contributed by atoms with E-state index in [2.05, 4.69) is 11.1 Å². The second-order valence-corrected chi connectivity index (χ2v) is 6.76. The molecule has 0 aliphatic heterocycles. The second-order valence-electron chi connectivity index (χ2n) is 5.92. The fourth-order valence-corrected chi connectivity index (χ4v) is 3.40. The van der Waals surface area contributed by atoms with Crippen molar-refractivity contribution in [1.29, 1.82) is 0 Å². The first-order chi connectivity index (χ1) is 12.0. The number of hydrogen-bond acceptors (Lipinski definition) is 2. The molecule has 0 aliphatic carbocycles. The van der Waals surface area contributed by atoms with E-state index < -0.39 is 0 Å². The fraction of sp³-hybridized carbons (Fsp3) is 0.200. The first kappa shape index (κ1) is 17.7. The molecule has 0 atom stereocenters. The van der Waals surface area contributed by atoms with Gasteiger partial charge < -0.3 is 0 Å². The van der Waals surface area contributed by atoms with Crippen molar-refractivity contribution in [2.45, 2.75) is 20.3 Å². The van der Waals surface area contributed by atoms with Gasteiger partial charge in [0, 0.05) is 51.9 Å². The number of halogens is 2. The van der Waals surface area contributed by atoms with Gasteiger partial charge >= 0.3 is 0 Å². The number of aromatic nitrogens is 2. The average Bonchev–Trinajstić information content (AvgIpc) is 2.89. The van der Waals surface area contributed by atoms with E-state index in [4.69, 9.17) is 28.3 Å². The molecule has 0 amide bonds. The molecule has 1 heterocycles. The molecular formula is C20H19Cl2N3. The third-order valence-electron chi connectivity index (χ3n) is 4.08. The van der Waals surface area contributed by atoms with Gasteiger partial charge in [0.25, 0.3) is 0 Å². The summed E-state index contributed by atoms with van der Waals surface area (Å²) in [6, 6.07) is 11.7. The summed E-state index contributed by atoms with van der Waals surface area (Å²) in [4.78, 5) is 4.43. The number of benzene rings is 2. The molecule has 0 unspecified atom stereocenters. The highest BCUT2D eigenvalue weighted by molar-refractivity contribution is 6.36. The zero-order chi connectivity index (χ0) is 18.0. The molecule has 0 fully saturated rings. The number of fused-ring (bicyclic) bond motifs is 1. The Morgan fingerprint density at radius 1 is 1.20 bits per heavy atom. The van der Waals surface area contributed by atoms with Crippen LogP contribution in [0.3, 0.4) is 0 Å². The zero-order valence-corrected chi connectivity index (χ0v) is 15.9. The van der Waals surface area contributed by atoms with Gasteiger partial charge in [0.05, 0.1) is 5.69 Å². The number of aryl methyl sites for hydroxylation is 1. The number of nitrogens with zero attached hydrogens (tertiary/aromatic N) is 3. The van der Waals surface area contributed by atoms with Crippen molar-refractivity contribution in [3.8, 4) is 11.1 Å². The molecule has 3 rings (SSSR count). The Bertz CT molecular complexity index is 984. The van der Waals surface area contributed by atoms with Crippen LogP contribution in [0.4, 0.5) is 0 Å². The number of allylic oxidation sites excluding steroid dienone is 1. The largest absolute Gasteiger partial charge is 0.271 e. The quantitative estimate of drug-likeness (QED) is 0.510. The summed E-state index contributed by atoms with van der Waals surface area (Å²) in [5.41, 5.74) is 5.04. The minimum absolute atomic E-state index is 0.623. The number of rotatable bonds is 4. The van der Waals surface area contributed by atoms with Crippen LogP contribution >= 0.6 is 23.2 Å². The van der Waals surface area contributed by atoms with Crippen molar-refractivity contribution >= 4 is 39.8 Å². The maximum absolute atomic E-state index is 6.41. The summed E-state index contributed by atoms with van der Waals surface area (Å²) in [7, 11) is 1.96. The zero-order valence-electron chi connectivity index (χ0n) is 14.4. The monoisotopic (exact) mass is 371 g/mol. The van der Waals surface area contributed by atoms with Crippen molar-refractivity contribution in [2.75, 3.05) is 0 Å². The van der Waals surface area contributed by atoms with Crippen molar-refractivity contribution in [1.82, 2.24) is 9.78 Å². The molecule has 128 valence electrons. The predicted octanol–water partition coefficient (Wildman–Crippen LogP) is 6.08. The molecular weight excluding hydrogens is 353 g/mol. The highest BCUT2D eigenvalue weighted by Gasteiger charge is 2.15.